The van der Waals surface area contributed by atoms with Gasteiger partial charge in [-0.3, -0.25) is 0 Å². The highest BCUT2D eigenvalue weighted by molar-refractivity contribution is 5.96. The van der Waals surface area contributed by atoms with Crippen molar-refractivity contribution in [3.63, 3.8) is 0 Å². The zero-order valence-electron chi connectivity index (χ0n) is 43.1. The van der Waals surface area contributed by atoms with Gasteiger partial charge in [0.05, 0.1) is 5.39 Å². The summed E-state index contributed by atoms with van der Waals surface area (Å²) in [5.41, 5.74) is 20.9. The van der Waals surface area contributed by atoms with Crippen LogP contribution in [0.4, 0.5) is 34.1 Å². The predicted molar refractivity (Wildman–Crippen MR) is 325 cm³/mol. The van der Waals surface area contributed by atoms with E-state index in [1.54, 1.807) is 0 Å². The number of hydrogen-bond acceptors (Lipinski definition) is 4. The first-order valence-electron chi connectivity index (χ1n) is 27.0. The second kappa shape index (κ2) is 19.0. The summed E-state index contributed by atoms with van der Waals surface area (Å²) in [5, 5.41) is 0.936. The molecule has 0 amide bonds. The van der Waals surface area contributed by atoms with Crippen molar-refractivity contribution in [3.05, 3.63) is 326 Å². The molecule has 0 bridgehead atoms. The molecule has 0 saturated heterocycles. The van der Waals surface area contributed by atoms with Crippen LogP contribution in [0.15, 0.2) is 308 Å². The third-order valence-electron chi connectivity index (χ3n) is 15.9. The first kappa shape index (κ1) is 45.9. The van der Waals surface area contributed by atoms with Gasteiger partial charge in [0.25, 0.3) is 0 Å². The smallest absolute Gasteiger partial charge is 0.178 e. The van der Waals surface area contributed by atoms with Crippen molar-refractivity contribution in [1.29, 1.82) is 0 Å². The van der Waals surface area contributed by atoms with E-state index in [4.69, 9.17) is 9.15 Å². The van der Waals surface area contributed by atoms with Crippen molar-refractivity contribution < 1.29 is 9.15 Å². The van der Waals surface area contributed by atoms with Gasteiger partial charge >= 0.3 is 0 Å². The van der Waals surface area contributed by atoms with E-state index in [2.05, 4.69) is 307 Å². The highest BCUT2D eigenvalue weighted by atomic mass is 16.5. The Kier molecular flexibility index (Phi) is 11.0. The summed E-state index contributed by atoms with van der Waals surface area (Å²) in [6.45, 7) is 0. The lowest BCUT2D eigenvalue weighted by Crippen LogP contribution is -2.31. The van der Waals surface area contributed by atoms with Gasteiger partial charge in [-0.15, -0.1) is 0 Å². The second-order valence-electron chi connectivity index (χ2n) is 20.4. The Bertz CT molecular complexity index is 3960. The number of fused-ring (bicyclic) bond motifs is 11. The molecule has 2 aliphatic rings. The van der Waals surface area contributed by atoms with Crippen molar-refractivity contribution in [2.45, 2.75) is 5.41 Å². The minimum absolute atomic E-state index is 0.735. The van der Waals surface area contributed by atoms with Crippen LogP contribution in [-0.4, -0.2) is 0 Å². The van der Waals surface area contributed by atoms with Crippen LogP contribution in [0.5, 0.6) is 11.5 Å². The molecule has 0 atom stereocenters. The lowest BCUT2D eigenvalue weighted by atomic mass is 9.68. The van der Waals surface area contributed by atoms with Gasteiger partial charge in [0.1, 0.15) is 16.7 Å². The van der Waals surface area contributed by atoms with Crippen molar-refractivity contribution in [3.8, 4) is 67.1 Å². The zero-order valence-corrected chi connectivity index (χ0v) is 43.1. The monoisotopic (exact) mass is 1010 g/mol. The molecule has 1 spiro atoms. The maximum Gasteiger partial charge on any atom is 0.178 e. The lowest BCUT2D eigenvalue weighted by Gasteiger charge is -2.37. The van der Waals surface area contributed by atoms with Crippen LogP contribution in [0.1, 0.15) is 22.5 Å². The number of furan rings is 1. The average molecular weight is 1010 g/mol. The minimum atomic E-state index is -0.945. The molecule has 0 fully saturated rings. The van der Waals surface area contributed by atoms with Gasteiger partial charge < -0.3 is 19.0 Å². The summed E-state index contributed by atoms with van der Waals surface area (Å²) in [7, 11) is 0. The van der Waals surface area contributed by atoms with Gasteiger partial charge in [-0.05, 0) is 158 Å². The van der Waals surface area contributed by atoms with E-state index in [1.807, 2.05) is 6.07 Å². The normalized spacial score (nSPS) is 12.5. The van der Waals surface area contributed by atoms with Gasteiger partial charge in [-0.2, -0.15) is 0 Å². The standard InChI is InChI=1S/C75H50N2O2/c1-5-17-51(18-6-1)55-29-37-59(38-30-55)76(60-39-31-56(32-40-60)52-19-7-2-8-20-52)63-45-47-65-66-48-46-64(50-70(66)75(69(65)49-63)68-26-14-16-28-72(68)78-73-67-25-13-15-27-71(67)79-74(73)75)77(61-41-33-57(34-42-61)53-21-9-3-10-22-53)62-43-35-58(36-44-62)54-23-11-4-12-24-54/h1-50H. The molecule has 1 aliphatic carbocycles. The molecular formula is C75H50N2O2. The van der Waals surface area contributed by atoms with Crippen molar-refractivity contribution in [2.75, 3.05) is 9.80 Å². The molecule has 12 aromatic carbocycles. The maximum atomic E-state index is 7.31. The SMILES string of the molecule is c1ccc(-c2ccc(N(c3ccc(-c4ccccc4)cc3)c3ccc4c(c3)C3(c5ccccc5Oc5c3oc3ccccc53)c3cc(N(c5ccc(-c6ccccc6)cc5)c5ccc(-c6ccccc6)cc5)ccc3-4)cc2)cc1. The molecule has 15 rings (SSSR count). The minimum Gasteiger partial charge on any atom is -0.455 e. The fourth-order valence-corrected chi connectivity index (χ4v) is 12.2. The molecule has 1 aliphatic heterocycles. The summed E-state index contributed by atoms with van der Waals surface area (Å²) >= 11 is 0. The Morgan fingerprint density at radius 1 is 0.266 bits per heavy atom. The number of para-hydroxylation sites is 2. The summed E-state index contributed by atoms with van der Waals surface area (Å²) in [6.07, 6.45) is 0. The molecular weight excluding hydrogens is 961 g/mol. The molecule has 79 heavy (non-hydrogen) atoms. The molecule has 0 radical (unpaired) electrons. The molecule has 4 heteroatoms. The number of nitrogens with zero attached hydrogens (tertiary/aromatic N) is 2. The van der Waals surface area contributed by atoms with Crippen LogP contribution in [0.3, 0.4) is 0 Å². The molecule has 13 aromatic rings. The summed E-state index contributed by atoms with van der Waals surface area (Å²) in [5.74, 6) is 2.29. The number of anilines is 6. The second-order valence-corrected chi connectivity index (χ2v) is 20.4. The van der Waals surface area contributed by atoms with E-state index in [9.17, 15) is 0 Å². The first-order valence-corrected chi connectivity index (χ1v) is 27.0. The van der Waals surface area contributed by atoms with E-state index in [0.717, 1.165) is 112 Å². The van der Waals surface area contributed by atoms with Gasteiger partial charge in [0.15, 0.2) is 11.5 Å². The first-order chi connectivity index (χ1) is 39.2. The molecule has 1 aromatic heterocycles. The largest absolute Gasteiger partial charge is 0.455 e. The van der Waals surface area contributed by atoms with E-state index >= 15 is 0 Å². The van der Waals surface area contributed by atoms with Crippen LogP contribution in [0.25, 0.3) is 66.6 Å². The number of benzene rings is 12. The van der Waals surface area contributed by atoms with E-state index in [-0.39, 0.29) is 0 Å². The highest BCUT2D eigenvalue weighted by Crippen LogP contribution is 2.65. The van der Waals surface area contributed by atoms with Crippen molar-refractivity contribution in [2.24, 2.45) is 0 Å². The van der Waals surface area contributed by atoms with Gasteiger partial charge in [-0.1, -0.05) is 212 Å². The summed E-state index contributed by atoms with van der Waals surface area (Å²) in [6, 6.07) is 109. The van der Waals surface area contributed by atoms with Crippen LogP contribution in [0, 0.1) is 0 Å². The number of rotatable bonds is 10. The molecule has 4 nitrogen and oxygen atoms in total. The predicted octanol–water partition coefficient (Wildman–Crippen LogP) is 20.5. The topological polar surface area (TPSA) is 28.9 Å². The average Bonchev–Trinajstić information content (AvgIpc) is 4.28. The Balaban J connectivity index is 0.950. The quantitative estimate of drug-likeness (QED) is 0.137. The fourth-order valence-electron chi connectivity index (χ4n) is 12.2. The van der Waals surface area contributed by atoms with Crippen molar-refractivity contribution >= 4 is 45.1 Å². The van der Waals surface area contributed by atoms with Crippen LogP contribution < -0.4 is 14.5 Å². The molecule has 0 N–H and O–H groups in total. The summed E-state index contributed by atoms with van der Waals surface area (Å²) < 4.78 is 14.4. The Morgan fingerprint density at radius 2 is 0.595 bits per heavy atom. The number of ether oxygens (including phenoxy) is 1. The Morgan fingerprint density at radius 3 is 1.00 bits per heavy atom. The molecule has 0 saturated carbocycles. The Hall–Kier alpha value is -10.4. The van der Waals surface area contributed by atoms with Gasteiger partial charge in [0, 0.05) is 39.7 Å². The van der Waals surface area contributed by atoms with Gasteiger partial charge in [-0.25, -0.2) is 0 Å². The summed E-state index contributed by atoms with van der Waals surface area (Å²) in [4.78, 5) is 4.77. The van der Waals surface area contributed by atoms with Gasteiger partial charge in [0.2, 0.25) is 0 Å². The Labute approximate surface area is 460 Å². The van der Waals surface area contributed by atoms with E-state index < -0.39 is 5.41 Å². The van der Waals surface area contributed by atoms with Crippen molar-refractivity contribution in [1.82, 2.24) is 0 Å². The molecule has 0 unspecified atom stereocenters. The molecule has 372 valence electrons. The molecule has 2 heterocycles. The van der Waals surface area contributed by atoms with E-state index in [1.165, 1.54) is 22.3 Å². The van der Waals surface area contributed by atoms with Crippen LogP contribution >= 0.6 is 0 Å². The third kappa shape index (κ3) is 7.76. The fraction of sp³-hybridized carbons (Fsp3) is 0.0133. The van der Waals surface area contributed by atoms with Crippen LogP contribution in [-0.2, 0) is 5.41 Å². The van der Waals surface area contributed by atoms with E-state index in [0.29, 0.717) is 0 Å². The maximum absolute atomic E-state index is 7.31. The highest BCUT2D eigenvalue weighted by Gasteiger charge is 2.55. The third-order valence-corrected chi connectivity index (χ3v) is 15.9. The number of hydrogen-bond donors (Lipinski definition) is 0. The lowest BCUT2D eigenvalue weighted by molar-refractivity contribution is 0.389. The van der Waals surface area contributed by atoms with Crippen LogP contribution in [0.2, 0.25) is 0 Å². The zero-order chi connectivity index (χ0) is 52.3.